The molecular weight excluding hydrogens is 250 g/mol. The Bertz CT molecular complexity index is 573. The Morgan fingerprint density at radius 1 is 1.05 bits per heavy atom. The highest BCUT2D eigenvalue weighted by atomic mass is 16.5. The first-order valence-electron chi connectivity index (χ1n) is 6.68. The van der Waals surface area contributed by atoms with E-state index in [1.54, 1.807) is 12.0 Å². The highest BCUT2D eigenvalue weighted by Crippen LogP contribution is 2.21. The largest absolute Gasteiger partial charge is 0.497 e. The lowest BCUT2D eigenvalue weighted by atomic mass is 10.1. The number of benzene rings is 2. The van der Waals surface area contributed by atoms with E-state index in [1.165, 1.54) is 0 Å². The van der Waals surface area contributed by atoms with Crippen molar-refractivity contribution in [2.75, 3.05) is 18.6 Å². The third kappa shape index (κ3) is 2.99. The van der Waals surface area contributed by atoms with Crippen LogP contribution in [-0.4, -0.2) is 19.6 Å². The average molecular weight is 269 g/mol. The maximum absolute atomic E-state index is 12.5. The van der Waals surface area contributed by atoms with Gasteiger partial charge in [-0.25, -0.2) is 0 Å². The molecule has 0 N–H and O–H groups in total. The van der Waals surface area contributed by atoms with Crippen molar-refractivity contribution < 1.29 is 9.53 Å². The summed E-state index contributed by atoms with van der Waals surface area (Å²) in [4.78, 5) is 14.3. The van der Waals surface area contributed by atoms with Gasteiger partial charge in [0.05, 0.1) is 7.11 Å². The van der Waals surface area contributed by atoms with E-state index in [-0.39, 0.29) is 5.91 Å². The second-order valence-electron chi connectivity index (χ2n) is 4.61. The quantitative estimate of drug-likeness (QED) is 0.847. The molecule has 3 nitrogen and oxygen atoms in total. The molecule has 3 heteroatoms. The molecule has 0 radical (unpaired) electrons. The molecule has 0 aliphatic carbocycles. The maximum atomic E-state index is 12.5. The Morgan fingerprint density at radius 3 is 2.15 bits per heavy atom. The van der Waals surface area contributed by atoms with Crippen LogP contribution in [0.25, 0.3) is 0 Å². The Labute approximate surface area is 119 Å². The number of ether oxygens (including phenoxy) is 1. The lowest BCUT2D eigenvalue weighted by molar-refractivity contribution is 0.0988. The minimum absolute atomic E-state index is 0.0117. The maximum Gasteiger partial charge on any atom is 0.258 e. The highest BCUT2D eigenvalue weighted by molar-refractivity contribution is 6.06. The van der Waals surface area contributed by atoms with Crippen molar-refractivity contribution in [1.29, 1.82) is 0 Å². The summed E-state index contributed by atoms with van der Waals surface area (Å²) in [5, 5.41) is 0. The molecule has 0 aliphatic heterocycles. The number of anilines is 1. The van der Waals surface area contributed by atoms with Crippen molar-refractivity contribution in [3.05, 3.63) is 59.7 Å². The molecule has 104 valence electrons. The van der Waals surface area contributed by atoms with Crippen LogP contribution in [0.5, 0.6) is 5.75 Å². The first-order valence-corrected chi connectivity index (χ1v) is 6.68. The van der Waals surface area contributed by atoms with Gasteiger partial charge < -0.3 is 9.64 Å². The lowest BCUT2D eigenvalue weighted by Gasteiger charge is -2.21. The number of rotatable bonds is 4. The summed E-state index contributed by atoms with van der Waals surface area (Å²) in [6, 6.07) is 15.2. The lowest BCUT2D eigenvalue weighted by Crippen LogP contribution is -2.30. The van der Waals surface area contributed by atoms with Crippen LogP contribution in [0.1, 0.15) is 22.8 Å². The van der Waals surface area contributed by atoms with Gasteiger partial charge in [-0.1, -0.05) is 17.7 Å². The van der Waals surface area contributed by atoms with Crippen LogP contribution in [-0.2, 0) is 0 Å². The summed E-state index contributed by atoms with van der Waals surface area (Å²) in [7, 11) is 1.63. The normalized spacial score (nSPS) is 10.2. The summed E-state index contributed by atoms with van der Waals surface area (Å²) < 4.78 is 5.14. The number of aryl methyl sites for hydroxylation is 1. The van der Waals surface area contributed by atoms with Gasteiger partial charge in [0.2, 0.25) is 0 Å². The topological polar surface area (TPSA) is 29.5 Å². The third-order valence-electron chi connectivity index (χ3n) is 3.24. The van der Waals surface area contributed by atoms with Crippen molar-refractivity contribution in [3.8, 4) is 5.75 Å². The van der Waals surface area contributed by atoms with Crippen molar-refractivity contribution in [3.63, 3.8) is 0 Å². The fourth-order valence-corrected chi connectivity index (χ4v) is 2.06. The van der Waals surface area contributed by atoms with Crippen molar-refractivity contribution >= 4 is 11.6 Å². The van der Waals surface area contributed by atoms with Crippen LogP contribution in [0.15, 0.2) is 48.5 Å². The van der Waals surface area contributed by atoms with Gasteiger partial charge in [-0.2, -0.15) is 0 Å². The molecule has 0 aliphatic rings. The predicted molar refractivity (Wildman–Crippen MR) is 81.5 cm³/mol. The van der Waals surface area contributed by atoms with Crippen molar-refractivity contribution in [2.45, 2.75) is 13.8 Å². The molecule has 2 aromatic carbocycles. The fraction of sp³-hybridized carbons (Fsp3) is 0.235. The molecule has 20 heavy (non-hydrogen) atoms. The van der Waals surface area contributed by atoms with Gasteiger partial charge in [0, 0.05) is 17.8 Å². The summed E-state index contributed by atoms with van der Waals surface area (Å²) in [5.74, 6) is 0.797. The van der Waals surface area contributed by atoms with Gasteiger partial charge in [-0.15, -0.1) is 0 Å². The van der Waals surface area contributed by atoms with E-state index in [2.05, 4.69) is 0 Å². The van der Waals surface area contributed by atoms with E-state index < -0.39 is 0 Å². The highest BCUT2D eigenvalue weighted by Gasteiger charge is 2.15. The van der Waals surface area contributed by atoms with Crippen LogP contribution in [0.3, 0.4) is 0 Å². The monoisotopic (exact) mass is 269 g/mol. The number of hydrogen-bond acceptors (Lipinski definition) is 2. The summed E-state index contributed by atoms with van der Waals surface area (Å²) in [6.07, 6.45) is 0. The first-order chi connectivity index (χ1) is 9.65. The first kappa shape index (κ1) is 14.1. The van der Waals surface area contributed by atoms with Crippen LogP contribution >= 0.6 is 0 Å². The average Bonchev–Trinajstić information content (AvgIpc) is 2.49. The number of methoxy groups -OCH3 is 1. The second-order valence-corrected chi connectivity index (χ2v) is 4.61. The van der Waals surface area contributed by atoms with E-state index in [4.69, 9.17) is 4.74 Å². The fourth-order valence-electron chi connectivity index (χ4n) is 2.06. The Balaban J connectivity index is 2.26. The number of nitrogens with zero attached hydrogens (tertiary/aromatic N) is 1. The molecule has 0 heterocycles. The number of carbonyl (C=O) groups excluding carboxylic acids is 1. The molecule has 0 saturated heterocycles. The number of carbonyl (C=O) groups is 1. The minimum Gasteiger partial charge on any atom is -0.497 e. The molecule has 0 fully saturated rings. The molecule has 2 rings (SSSR count). The van der Waals surface area contributed by atoms with E-state index in [1.807, 2.05) is 62.4 Å². The van der Waals surface area contributed by atoms with E-state index >= 15 is 0 Å². The van der Waals surface area contributed by atoms with Gasteiger partial charge in [0.25, 0.3) is 5.91 Å². The number of amides is 1. The zero-order valence-electron chi connectivity index (χ0n) is 12.1. The predicted octanol–water partition coefficient (Wildman–Crippen LogP) is 3.67. The van der Waals surface area contributed by atoms with Crippen LogP contribution < -0.4 is 9.64 Å². The SMILES string of the molecule is CCN(C(=O)c1ccc(C)cc1)c1ccc(OC)cc1. The Morgan fingerprint density at radius 2 is 1.65 bits per heavy atom. The van der Waals surface area contributed by atoms with E-state index in [0.29, 0.717) is 12.1 Å². The summed E-state index contributed by atoms with van der Waals surface area (Å²) in [5.41, 5.74) is 2.72. The van der Waals surface area contributed by atoms with Crippen molar-refractivity contribution in [1.82, 2.24) is 0 Å². The molecule has 0 saturated carbocycles. The second kappa shape index (κ2) is 6.24. The molecule has 1 amide bonds. The van der Waals surface area contributed by atoms with Gasteiger partial charge in [-0.05, 0) is 50.2 Å². The molecule has 0 bridgehead atoms. The zero-order valence-corrected chi connectivity index (χ0v) is 12.1. The van der Waals surface area contributed by atoms with Gasteiger partial charge in [0.15, 0.2) is 0 Å². The third-order valence-corrected chi connectivity index (χ3v) is 3.24. The molecule has 0 atom stereocenters. The molecule has 2 aromatic rings. The smallest absolute Gasteiger partial charge is 0.258 e. The van der Waals surface area contributed by atoms with Crippen molar-refractivity contribution in [2.24, 2.45) is 0 Å². The molecular formula is C17H19NO2. The molecule has 0 spiro atoms. The Kier molecular flexibility index (Phi) is 4.41. The zero-order chi connectivity index (χ0) is 14.5. The number of hydrogen-bond donors (Lipinski definition) is 0. The van der Waals surface area contributed by atoms with Crippen LogP contribution in [0, 0.1) is 6.92 Å². The van der Waals surface area contributed by atoms with Gasteiger partial charge in [0.1, 0.15) is 5.75 Å². The summed E-state index contributed by atoms with van der Waals surface area (Å²) >= 11 is 0. The molecule has 0 unspecified atom stereocenters. The summed E-state index contributed by atoms with van der Waals surface area (Å²) in [6.45, 7) is 4.60. The van der Waals surface area contributed by atoms with E-state index in [0.717, 1.165) is 17.0 Å². The van der Waals surface area contributed by atoms with Crippen LogP contribution in [0.4, 0.5) is 5.69 Å². The van der Waals surface area contributed by atoms with Crippen LogP contribution in [0.2, 0.25) is 0 Å². The molecule has 0 aromatic heterocycles. The standard InChI is InChI=1S/C17H19NO2/c1-4-18(15-9-11-16(20-3)12-10-15)17(19)14-7-5-13(2)6-8-14/h5-12H,4H2,1-3H3. The minimum atomic E-state index is 0.0117. The van der Waals surface area contributed by atoms with Gasteiger partial charge in [-0.3, -0.25) is 4.79 Å². The van der Waals surface area contributed by atoms with E-state index in [9.17, 15) is 4.79 Å². The Hall–Kier alpha value is -2.29. The van der Waals surface area contributed by atoms with Gasteiger partial charge >= 0.3 is 0 Å².